The van der Waals surface area contributed by atoms with E-state index in [9.17, 15) is 0 Å². The summed E-state index contributed by atoms with van der Waals surface area (Å²) in [6.07, 6.45) is 6.46. The number of aryl methyl sites for hydroxylation is 1. The molecule has 208 valence electrons. The minimum Gasteiger partial charge on any atom is -0.443 e. The van der Waals surface area contributed by atoms with Gasteiger partial charge in [0.15, 0.2) is 0 Å². The number of fused-ring (bicyclic) bond motifs is 10. The van der Waals surface area contributed by atoms with Crippen molar-refractivity contribution >= 4 is 60.9 Å². The lowest BCUT2D eigenvalue weighted by molar-refractivity contribution is 0.532. The standard InChI is InChI=1S/C40H27N3O/c1-3-13-26(14-4-1)41-33-20-10-7-17-29(33)37-32-25-28(23-24-35(32)42(39(37)41)27-15-5-2-6-16-27)43-34-21-11-8-18-30(34)38-31-19-9-12-22-36(31)44-40(38)43/h1-11,13-21,23-25H,12,22H2. The van der Waals surface area contributed by atoms with Crippen molar-refractivity contribution in [2.75, 3.05) is 0 Å². The minimum atomic E-state index is 0.924. The average Bonchev–Trinajstić information content (AvgIpc) is 3.80. The van der Waals surface area contributed by atoms with Gasteiger partial charge in [-0.2, -0.15) is 0 Å². The van der Waals surface area contributed by atoms with Gasteiger partial charge in [-0.3, -0.25) is 13.7 Å². The maximum Gasteiger partial charge on any atom is 0.213 e. The van der Waals surface area contributed by atoms with Crippen molar-refractivity contribution in [1.82, 2.24) is 13.7 Å². The average molecular weight is 566 g/mol. The van der Waals surface area contributed by atoms with E-state index in [2.05, 4.69) is 153 Å². The van der Waals surface area contributed by atoms with Crippen molar-refractivity contribution in [2.45, 2.75) is 12.8 Å². The second-order valence-corrected chi connectivity index (χ2v) is 11.7. The third-order valence-corrected chi connectivity index (χ3v) is 9.28. The largest absolute Gasteiger partial charge is 0.443 e. The Bertz CT molecular complexity index is 2590. The van der Waals surface area contributed by atoms with E-state index in [0.29, 0.717) is 0 Å². The van der Waals surface area contributed by atoms with Gasteiger partial charge in [-0.25, -0.2) is 0 Å². The van der Waals surface area contributed by atoms with Crippen LogP contribution >= 0.6 is 0 Å². The van der Waals surface area contributed by atoms with Crippen LogP contribution in [0.2, 0.25) is 0 Å². The van der Waals surface area contributed by atoms with Crippen LogP contribution in [0.1, 0.15) is 17.7 Å². The summed E-state index contributed by atoms with van der Waals surface area (Å²) < 4.78 is 13.8. The molecule has 44 heavy (non-hydrogen) atoms. The summed E-state index contributed by atoms with van der Waals surface area (Å²) in [7, 11) is 0. The SMILES string of the molecule is C1=Cc2c(oc3c2c2ccccc2n3-c2ccc3c(c2)c2c4ccccc4n(-c4ccccc4)c2n3-c2ccccc2)CC1. The molecule has 5 aromatic carbocycles. The molecule has 0 atom stereocenters. The maximum absolute atomic E-state index is 6.67. The molecular weight excluding hydrogens is 538 g/mol. The van der Waals surface area contributed by atoms with Crippen LogP contribution in [-0.4, -0.2) is 13.7 Å². The number of hydrogen-bond donors (Lipinski definition) is 0. The Balaban J connectivity index is 1.37. The molecule has 0 unspecified atom stereocenters. The van der Waals surface area contributed by atoms with Crippen molar-refractivity contribution in [3.05, 3.63) is 145 Å². The van der Waals surface area contributed by atoms with Gasteiger partial charge in [0.05, 0.1) is 21.9 Å². The first kappa shape index (κ1) is 23.8. The van der Waals surface area contributed by atoms with Gasteiger partial charge in [-0.15, -0.1) is 0 Å². The van der Waals surface area contributed by atoms with Crippen LogP contribution in [0.5, 0.6) is 0 Å². The van der Waals surface area contributed by atoms with Crippen molar-refractivity contribution in [3.63, 3.8) is 0 Å². The predicted molar refractivity (Wildman–Crippen MR) is 182 cm³/mol. The Morgan fingerprint density at radius 2 is 1.09 bits per heavy atom. The number of benzene rings is 5. The molecule has 0 spiro atoms. The lowest BCUT2D eigenvalue weighted by Gasteiger charge is -2.13. The monoisotopic (exact) mass is 565 g/mol. The normalized spacial score (nSPS) is 13.2. The number of furan rings is 1. The van der Waals surface area contributed by atoms with Gasteiger partial charge in [0.1, 0.15) is 11.4 Å². The predicted octanol–water partition coefficient (Wildman–Crippen LogP) is 10.4. The molecule has 10 rings (SSSR count). The van der Waals surface area contributed by atoms with E-state index in [0.717, 1.165) is 52.5 Å². The molecular formula is C40H27N3O. The maximum atomic E-state index is 6.67. The Morgan fingerprint density at radius 3 is 1.80 bits per heavy atom. The zero-order valence-corrected chi connectivity index (χ0v) is 23.9. The van der Waals surface area contributed by atoms with E-state index in [1.165, 1.54) is 43.5 Å². The lowest BCUT2D eigenvalue weighted by Crippen LogP contribution is -2.01. The van der Waals surface area contributed by atoms with Gasteiger partial charge in [-0.1, -0.05) is 84.9 Å². The van der Waals surface area contributed by atoms with Gasteiger partial charge < -0.3 is 4.42 Å². The summed E-state index contributed by atoms with van der Waals surface area (Å²) in [5, 5.41) is 6.14. The summed E-state index contributed by atoms with van der Waals surface area (Å²) in [6.45, 7) is 0. The van der Waals surface area contributed by atoms with Crippen molar-refractivity contribution in [2.24, 2.45) is 0 Å². The first-order valence-corrected chi connectivity index (χ1v) is 15.3. The molecule has 0 fully saturated rings. The van der Waals surface area contributed by atoms with E-state index < -0.39 is 0 Å². The summed E-state index contributed by atoms with van der Waals surface area (Å²) in [4.78, 5) is 0. The lowest BCUT2D eigenvalue weighted by atomic mass is 10.0. The van der Waals surface area contributed by atoms with Crippen molar-refractivity contribution < 1.29 is 4.42 Å². The smallest absolute Gasteiger partial charge is 0.213 e. The Morgan fingerprint density at radius 1 is 0.500 bits per heavy atom. The third-order valence-electron chi connectivity index (χ3n) is 9.28. The second kappa shape index (κ2) is 8.88. The summed E-state index contributed by atoms with van der Waals surface area (Å²) in [6, 6.07) is 45.8. The minimum absolute atomic E-state index is 0.924. The highest BCUT2D eigenvalue weighted by molar-refractivity contribution is 6.23. The molecule has 0 N–H and O–H groups in total. The molecule has 1 aliphatic rings. The van der Waals surface area contributed by atoms with Gasteiger partial charge in [-0.05, 0) is 61.0 Å². The molecule has 0 aliphatic heterocycles. The van der Waals surface area contributed by atoms with Gasteiger partial charge >= 0.3 is 0 Å². The fourth-order valence-corrected chi connectivity index (χ4v) is 7.47. The van der Waals surface area contributed by atoms with Crippen LogP contribution in [0.4, 0.5) is 0 Å². The molecule has 0 amide bonds. The van der Waals surface area contributed by atoms with Gasteiger partial charge in [0.2, 0.25) is 5.71 Å². The molecule has 1 aliphatic carbocycles. The molecule has 0 saturated heterocycles. The fraction of sp³-hybridized carbons (Fsp3) is 0.0500. The first-order valence-electron chi connectivity index (χ1n) is 15.3. The van der Waals surface area contributed by atoms with E-state index >= 15 is 0 Å². The van der Waals surface area contributed by atoms with Crippen LogP contribution in [0.15, 0.2) is 138 Å². The molecule has 0 radical (unpaired) electrons. The molecule has 4 heterocycles. The van der Waals surface area contributed by atoms with E-state index in [-0.39, 0.29) is 0 Å². The highest BCUT2D eigenvalue weighted by Crippen LogP contribution is 2.44. The quantitative estimate of drug-likeness (QED) is 0.209. The highest BCUT2D eigenvalue weighted by atomic mass is 16.3. The van der Waals surface area contributed by atoms with Crippen LogP contribution in [-0.2, 0) is 6.42 Å². The molecule has 0 saturated carbocycles. The molecule has 4 heteroatoms. The number of para-hydroxylation sites is 4. The Hall–Kier alpha value is -5.74. The zero-order valence-electron chi connectivity index (χ0n) is 23.9. The Kier molecular flexibility index (Phi) is 4.80. The zero-order chi connectivity index (χ0) is 28.8. The van der Waals surface area contributed by atoms with Crippen LogP contribution in [0.3, 0.4) is 0 Å². The van der Waals surface area contributed by atoms with Crippen LogP contribution in [0, 0.1) is 0 Å². The van der Waals surface area contributed by atoms with Crippen LogP contribution in [0.25, 0.3) is 78.0 Å². The molecule has 4 aromatic heterocycles. The topological polar surface area (TPSA) is 27.9 Å². The molecule has 0 bridgehead atoms. The van der Waals surface area contributed by atoms with Crippen molar-refractivity contribution in [3.8, 4) is 17.1 Å². The van der Waals surface area contributed by atoms with Gasteiger partial charge in [0, 0.05) is 50.6 Å². The highest BCUT2D eigenvalue weighted by Gasteiger charge is 2.25. The van der Waals surface area contributed by atoms with E-state index in [1.807, 2.05) is 0 Å². The first-order chi connectivity index (χ1) is 21.9. The Labute approximate surface area is 253 Å². The van der Waals surface area contributed by atoms with E-state index in [1.54, 1.807) is 0 Å². The van der Waals surface area contributed by atoms with Gasteiger partial charge in [0.25, 0.3) is 0 Å². The fourth-order valence-electron chi connectivity index (χ4n) is 7.47. The summed E-state index contributed by atoms with van der Waals surface area (Å²) >= 11 is 0. The van der Waals surface area contributed by atoms with Crippen molar-refractivity contribution in [1.29, 1.82) is 0 Å². The number of nitrogens with zero attached hydrogens (tertiary/aromatic N) is 3. The van der Waals surface area contributed by atoms with Crippen LogP contribution < -0.4 is 0 Å². The number of rotatable bonds is 3. The summed E-state index contributed by atoms with van der Waals surface area (Å²) in [5.41, 5.74) is 10.2. The second-order valence-electron chi connectivity index (χ2n) is 11.7. The number of hydrogen-bond acceptors (Lipinski definition) is 1. The number of aromatic nitrogens is 3. The molecule has 9 aromatic rings. The summed E-state index contributed by atoms with van der Waals surface area (Å²) in [5.74, 6) is 1.08. The molecule has 4 nitrogen and oxygen atoms in total. The third kappa shape index (κ3) is 3.12. The number of allylic oxidation sites excluding steroid dienone is 1. The van der Waals surface area contributed by atoms with E-state index in [4.69, 9.17) is 4.42 Å².